The number of piperidine rings is 1. The van der Waals surface area contributed by atoms with Gasteiger partial charge in [0.2, 0.25) is 17.6 Å². The highest BCUT2D eigenvalue weighted by Crippen LogP contribution is 2.26. The van der Waals surface area contributed by atoms with E-state index in [-0.39, 0.29) is 23.7 Å². The Bertz CT molecular complexity index is 638. The fourth-order valence-corrected chi connectivity index (χ4v) is 3.34. The predicted molar refractivity (Wildman–Crippen MR) is 96.4 cm³/mol. The molecule has 1 aliphatic heterocycles. The summed E-state index contributed by atoms with van der Waals surface area (Å²) in [5.41, 5.74) is 0.206. The molecule has 2 aromatic heterocycles. The van der Waals surface area contributed by atoms with E-state index in [0.717, 1.165) is 37.4 Å². The molecule has 0 spiro atoms. The maximum Gasteiger partial charge on any atom is 0.227 e. The number of hydrogen-bond donors (Lipinski definition) is 2. The number of rotatable bonds is 6. The first kappa shape index (κ1) is 18.9. The number of thiophene rings is 1. The lowest BCUT2D eigenvalue weighted by Crippen LogP contribution is -2.42. The lowest BCUT2D eigenvalue weighted by molar-refractivity contribution is -0.121. The van der Waals surface area contributed by atoms with Crippen molar-refractivity contribution in [3.05, 3.63) is 23.4 Å². The molecule has 0 atom stereocenters. The van der Waals surface area contributed by atoms with Crippen LogP contribution < -0.4 is 10.6 Å². The van der Waals surface area contributed by atoms with E-state index in [4.69, 9.17) is 4.52 Å². The van der Waals surface area contributed by atoms with Gasteiger partial charge < -0.3 is 15.2 Å². The average Bonchev–Trinajstić information content (AvgIpc) is 3.23. The summed E-state index contributed by atoms with van der Waals surface area (Å²) in [5.74, 6) is 1.15. The first-order chi connectivity index (χ1) is 11.1. The quantitative estimate of drug-likeness (QED) is 0.817. The summed E-state index contributed by atoms with van der Waals surface area (Å²) in [5, 5.41) is 12.3. The van der Waals surface area contributed by atoms with E-state index in [0.29, 0.717) is 24.6 Å². The van der Waals surface area contributed by atoms with Crippen molar-refractivity contribution in [1.29, 1.82) is 0 Å². The molecule has 0 saturated carbocycles. The molecule has 24 heavy (non-hydrogen) atoms. The van der Waals surface area contributed by atoms with Gasteiger partial charge in [-0.25, -0.2) is 0 Å². The van der Waals surface area contributed by atoms with Crippen molar-refractivity contribution in [2.24, 2.45) is 5.41 Å². The molecule has 0 radical (unpaired) electrons. The van der Waals surface area contributed by atoms with Crippen LogP contribution in [0.3, 0.4) is 0 Å². The number of nitrogens with one attached hydrogen (secondary N) is 2. The molecule has 2 aromatic rings. The topological polar surface area (TPSA) is 80.1 Å². The molecule has 8 heteroatoms. The number of nitrogens with zero attached hydrogens (tertiary/aromatic N) is 2. The largest absolute Gasteiger partial charge is 0.356 e. The summed E-state index contributed by atoms with van der Waals surface area (Å²) in [4.78, 5) is 17.3. The highest BCUT2D eigenvalue weighted by atomic mass is 35.5. The van der Waals surface area contributed by atoms with E-state index >= 15 is 0 Å². The van der Waals surface area contributed by atoms with Crippen LogP contribution in [0.5, 0.6) is 0 Å². The normalized spacial score (nSPS) is 16.4. The zero-order valence-electron chi connectivity index (χ0n) is 13.7. The standard InChI is InChI=1S/C16H22N4O2S.ClH/c1-16(6-8-17-9-7-16)11-18-13(21)4-5-14-19-15(20-22-14)12-3-2-10-23-12;/h2-3,10,17H,4-9,11H2,1H3,(H,18,21);1H. The van der Waals surface area contributed by atoms with Crippen molar-refractivity contribution >= 4 is 29.7 Å². The lowest BCUT2D eigenvalue weighted by Gasteiger charge is -2.34. The number of carbonyl (C=O) groups is 1. The second-order valence-electron chi connectivity index (χ2n) is 6.33. The molecule has 6 nitrogen and oxygen atoms in total. The molecular weight excluding hydrogens is 348 g/mol. The molecule has 0 aromatic carbocycles. The molecule has 1 amide bonds. The van der Waals surface area contributed by atoms with Gasteiger partial charge in [-0.3, -0.25) is 4.79 Å². The molecule has 0 aliphatic carbocycles. The summed E-state index contributed by atoms with van der Waals surface area (Å²) in [6.45, 7) is 5.02. The molecule has 0 bridgehead atoms. The van der Waals surface area contributed by atoms with E-state index < -0.39 is 0 Å². The van der Waals surface area contributed by atoms with E-state index in [1.807, 2.05) is 17.5 Å². The van der Waals surface area contributed by atoms with Gasteiger partial charge in [0.1, 0.15) is 0 Å². The van der Waals surface area contributed by atoms with Crippen molar-refractivity contribution in [2.75, 3.05) is 19.6 Å². The van der Waals surface area contributed by atoms with Crippen molar-refractivity contribution < 1.29 is 9.32 Å². The minimum Gasteiger partial charge on any atom is -0.356 e. The fraction of sp³-hybridized carbons (Fsp3) is 0.562. The smallest absolute Gasteiger partial charge is 0.227 e. The molecule has 3 rings (SSSR count). The van der Waals surface area contributed by atoms with Gasteiger partial charge in [-0.05, 0) is 42.8 Å². The Balaban J connectivity index is 0.00000208. The number of halogens is 1. The van der Waals surface area contributed by atoms with E-state index in [2.05, 4.69) is 27.7 Å². The minimum absolute atomic E-state index is 0. The van der Waals surface area contributed by atoms with Crippen LogP contribution in [0.25, 0.3) is 10.7 Å². The van der Waals surface area contributed by atoms with Crippen LogP contribution in [0, 0.1) is 5.41 Å². The van der Waals surface area contributed by atoms with Gasteiger partial charge in [-0.1, -0.05) is 18.1 Å². The number of aryl methyl sites for hydroxylation is 1. The van der Waals surface area contributed by atoms with Gasteiger partial charge in [-0.15, -0.1) is 23.7 Å². The number of amides is 1. The summed E-state index contributed by atoms with van der Waals surface area (Å²) < 4.78 is 5.21. The summed E-state index contributed by atoms with van der Waals surface area (Å²) in [6, 6.07) is 3.90. The molecule has 132 valence electrons. The molecule has 1 saturated heterocycles. The van der Waals surface area contributed by atoms with E-state index in [9.17, 15) is 4.79 Å². The zero-order chi connectivity index (χ0) is 16.1. The van der Waals surface area contributed by atoms with E-state index in [1.54, 1.807) is 11.3 Å². The van der Waals surface area contributed by atoms with Crippen LogP contribution in [0.2, 0.25) is 0 Å². The summed E-state index contributed by atoms with van der Waals surface area (Å²) in [6.07, 6.45) is 3.05. The molecule has 0 unspecified atom stereocenters. The van der Waals surface area contributed by atoms with Gasteiger partial charge in [0, 0.05) is 19.4 Å². The number of carbonyl (C=O) groups excluding carboxylic acids is 1. The second kappa shape index (κ2) is 8.60. The first-order valence-electron chi connectivity index (χ1n) is 7.99. The Morgan fingerprint density at radius 2 is 2.25 bits per heavy atom. The van der Waals surface area contributed by atoms with Gasteiger partial charge >= 0.3 is 0 Å². The number of hydrogen-bond acceptors (Lipinski definition) is 6. The second-order valence-corrected chi connectivity index (χ2v) is 7.27. The first-order valence-corrected chi connectivity index (χ1v) is 8.86. The van der Waals surface area contributed by atoms with Crippen LogP contribution in [0.4, 0.5) is 0 Å². The third kappa shape index (κ3) is 5.03. The van der Waals surface area contributed by atoms with Gasteiger partial charge in [0.25, 0.3) is 0 Å². The van der Waals surface area contributed by atoms with Crippen LogP contribution in [-0.4, -0.2) is 35.7 Å². The zero-order valence-corrected chi connectivity index (χ0v) is 15.3. The maximum atomic E-state index is 12.0. The van der Waals surface area contributed by atoms with Crippen molar-refractivity contribution in [3.63, 3.8) is 0 Å². The highest BCUT2D eigenvalue weighted by molar-refractivity contribution is 7.13. The van der Waals surface area contributed by atoms with Gasteiger partial charge in [0.15, 0.2) is 0 Å². The molecule has 1 aliphatic rings. The highest BCUT2D eigenvalue weighted by Gasteiger charge is 2.26. The van der Waals surface area contributed by atoms with Crippen LogP contribution in [-0.2, 0) is 11.2 Å². The Kier molecular flexibility index (Phi) is 6.77. The maximum absolute atomic E-state index is 12.0. The van der Waals surface area contributed by atoms with Crippen molar-refractivity contribution in [3.8, 4) is 10.7 Å². The van der Waals surface area contributed by atoms with Gasteiger partial charge in [0.05, 0.1) is 4.88 Å². The molecular formula is C16H23ClN4O2S. The third-order valence-corrected chi connectivity index (χ3v) is 5.16. The monoisotopic (exact) mass is 370 g/mol. The predicted octanol–water partition coefficient (Wildman–Crippen LogP) is 2.66. The van der Waals surface area contributed by atoms with Crippen molar-refractivity contribution in [2.45, 2.75) is 32.6 Å². The SMILES string of the molecule is CC1(CNC(=O)CCc2nc(-c3cccs3)no2)CCNCC1.Cl. The molecule has 1 fully saturated rings. The fourth-order valence-electron chi connectivity index (χ4n) is 2.69. The third-order valence-electron chi connectivity index (χ3n) is 4.30. The summed E-state index contributed by atoms with van der Waals surface area (Å²) >= 11 is 1.57. The van der Waals surface area contributed by atoms with Crippen LogP contribution in [0.1, 0.15) is 32.1 Å². The Labute approximate surface area is 151 Å². The average molecular weight is 371 g/mol. The Hall–Kier alpha value is -1.44. The van der Waals surface area contributed by atoms with Gasteiger partial charge in [-0.2, -0.15) is 4.98 Å². The molecule has 2 N–H and O–H groups in total. The lowest BCUT2D eigenvalue weighted by atomic mass is 9.81. The summed E-state index contributed by atoms with van der Waals surface area (Å²) in [7, 11) is 0. The van der Waals surface area contributed by atoms with Crippen LogP contribution in [0.15, 0.2) is 22.0 Å². The minimum atomic E-state index is 0. The van der Waals surface area contributed by atoms with E-state index in [1.165, 1.54) is 0 Å². The Morgan fingerprint density at radius 3 is 2.96 bits per heavy atom. The van der Waals surface area contributed by atoms with Crippen molar-refractivity contribution in [1.82, 2.24) is 20.8 Å². The Morgan fingerprint density at radius 1 is 1.46 bits per heavy atom. The number of aromatic nitrogens is 2. The van der Waals surface area contributed by atoms with Crippen LogP contribution >= 0.6 is 23.7 Å². The molecule has 3 heterocycles.